The van der Waals surface area contributed by atoms with E-state index in [0.29, 0.717) is 5.82 Å². The molecular weight excluding hydrogens is 386 g/mol. The summed E-state index contributed by atoms with van der Waals surface area (Å²) >= 11 is 0. The molecule has 0 fully saturated rings. The predicted octanol–water partition coefficient (Wildman–Crippen LogP) is 4.93. The monoisotopic (exact) mass is 403 g/mol. The van der Waals surface area contributed by atoms with E-state index in [1.807, 2.05) is 42.6 Å². The van der Waals surface area contributed by atoms with Crippen molar-refractivity contribution in [1.82, 2.24) is 35.1 Å². The highest BCUT2D eigenvalue weighted by molar-refractivity contribution is 5.97. The van der Waals surface area contributed by atoms with E-state index in [9.17, 15) is 0 Å². The Labute approximate surface area is 177 Å². The molecule has 0 aliphatic carbocycles. The molecule has 0 unspecified atom stereocenters. The van der Waals surface area contributed by atoms with Crippen LogP contribution in [0.25, 0.3) is 55.8 Å². The molecule has 31 heavy (non-hydrogen) atoms. The minimum Gasteiger partial charge on any atom is -0.337 e. The molecule has 6 aromatic rings. The van der Waals surface area contributed by atoms with Gasteiger partial charge < -0.3 is 4.98 Å². The number of aromatic amines is 2. The molecule has 0 aliphatic rings. The molecule has 0 radical (unpaired) electrons. The zero-order chi connectivity index (χ0) is 20.8. The second kappa shape index (κ2) is 6.84. The molecule has 2 N–H and O–H groups in total. The van der Waals surface area contributed by atoms with Crippen molar-refractivity contribution in [2.24, 2.45) is 0 Å². The first-order chi connectivity index (χ1) is 15.3. The van der Waals surface area contributed by atoms with Crippen LogP contribution in [0.15, 0.2) is 73.4 Å². The number of hydrogen-bond acceptors (Lipinski definition) is 5. The first-order valence-electron chi connectivity index (χ1n) is 9.92. The summed E-state index contributed by atoms with van der Waals surface area (Å²) in [6.45, 7) is 2.05. The van der Waals surface area contributed by atoms with Gasteiger partial charge in [-0.05, 0) is 48.4 Å². The average molecular weight is 403 g/mol. The minimum absolute atomic E-state index is 0.711. The molecule has 0 amide bonds. The number of aryl methyl sites for hydroxylation is 1. The van der Waals surface area contributed by atoms with Crippen LogP contribution in [-0.2, 0) is 0 Å². The van der Waals surface area contributed by atoms with Gasteiger partial charge in [0.25, 0.3) is 0 Å². The van der Waals surface area contributed by atoms with Crippen molar-refractivity contribution in [3.8, 4) is 33.9 Å². The maximum Gasteiger partial charge on any atom is 0.159 e. The number of aromatic nitrogens is 7. The Kier molecular flexibility index (Phi) is 3.86. The minimum atomic E-state index is 0.711. The van der Waals surface area contributed by atoms with Crippen LogP contribution >= 0.6 is 0 Å². The lowest BCUT2D eigenvalue weighted by Gasteiger charge is -2.04. The van der Waals surface area contributed by atoms with Crippen LogP contribution in [0.5, 0.6) is 0 Å². The van der Waals surface area contributed by atoms with Gasteiger partial charge >= 0.3 is 0 Å². The van der Waals surface area contributed by atoms with Crippen molar-refractivity contribution in [2.45, 2.75) is 6.92 Å². The number of benzene rings is 1. The number of H-pyrrole nitrogens is 2. The number of rotatable bonds is 3. The number of pyridine rings is 3. The maximum absolute atomic E-state index is 4.91. The van der Waals surface area contributed by atoms with E-state index < -0.39 is 0 Å². The average Bonchev–Trinajstić information content (AvgIpc) is 3.43. The topological polar surface area (TPSA) is 96.0 Å². The number of fused-ring (bicyclic) bond motifs is 2. The van der Waals surface area contributed by atoms with Crippen LogP contribution < -0.4 is 0 Å². The lowest BCUT2D eigenvalue weighted by molar-refractivity contribution is 1.10. The summed E-state index contributed by atoms with van der Waals surface area (Å²) in [5.41, 5.74) is 8.58. The first-order valence-corrected chi connectivity index (χ1v) is 9.92. The molecule has 0 spiro atoms. The maximum atomic E-state index is 4.91. The van der Waals surface area contributed by atoms with E-state index in [4.69, 9.17) is 4.98 Å². The second-order valence-corrected chi connectivity index (χ2v) is 7.40. The third-order valence-electron chi connectivity index (χ3n) is 5.49. The van der Waals surface area contributed by atoms with E-state index in [1.165, 1.54) is 0 Å². The number of hydrogen-bond donors (Lipinski definition) is 2. The molecule has 0 bridgehead atoms. The van der Waals surface area contributed by atoms with Crippen molar-refractivity contribution in [3.63, 3.8) is 0 Å². The third kappa shape index (κ3) is 2.86. The van der Waals surface area contributed by atoms with Crippen LogP contribution in [0, 0.1) is 6.92 Å². The fraction of sp³-hybridized carbons (Fsp3) is 0.0417. The van der Waals surface area contributed by atoms with Crippen molar-refractivity contribution in [3.05, 3.63) is 79.0 Å². The van der Waals surface area contributed by atoms with Gasteiger partial charge in [-0.25, -0.2) is 4.98 Å². The number of nitrogens with one attached hydrogen (secondary N) is 2. The second-order valence-electron chi connectivity index (χ2n) is 7.40. The van der Waals surface area contributed by atoms with Crippen LogP contribution in [0.2, 0.25) is 0 Å². The zero-order valence-corrected chi connectivity index (χ0v) is 16.7. The van der Waals surface area contributed by atoms with Crippen molar-refractivity contribution in [1.29, 1.82) is 0 Å². The van der Waals surface area contributed by atoms with Gasteiger partial charge in [0.2, 0.25) is 0 Å². The third-order valence-corrected chi connectivity index (χ3v) is 5.49. The van der Waals surface area contributed by atoms with Gasteiger partial charge in [-0.3, -0.25) is 20.1 Å². The smallest absolute Gasteiger partial charge is 0.159 e. The largest absolute Gasteiger partial charge is 0.337 e. The summed E-state index contributed by atoms with van der Waals surface area (Å²) in [5, 5.41) is 8.57. The lowest BCUT2D eigenvalue weighted by Crippen LogP contribution is -1.89. The normalized spacial score (nSPS) is 11.4. The number of para-hydroxylation sites is 1. The molecule has 0 saturated carbocycles. The van der Waals surface area contributed by atoms with Gasteiger partial charge in [-0.2, -0.15) is 5.10 Å². The highest BCUT2D eigenvalue weighted by Crippen LogP contribution is 2.32. The molecule has 148 valence electrons. The summed E-state index contributed by atoms with van der Waals surface area (Å²) < 4.78 is 0. The molecular formula is C24H17N7. The predicted molar refractivity (Wildman–Crippen MR) is 120 cm³/mol. The summed E-state index contributed by atoms with van der Waals surface area (Å²) in [5.74, 6) is 0.711. The highest BCUT2D eigenvalue weighted by Gasteiger charge is 2.16. The lowest BCUT2D eigenvalue weighted by atomic mass is 10.1. The molecule has 0 saturated heterocycles. The van der Waals surface area contributed by atoms with Gasteiger partial charge in [-0.15, -0.1) is 0 Å². The van der Waals surface area contributed by atoms with E-state index in [1.54, 1.807) is 24.8 Å². The number of nitrogens with zero attached hydrogens (tertiary/aromatic N) is 5. The Bertz CT molecular complexity index is 1550. The van der Waals surface area contributed by atoms with Crippen LogP contribution in [0.4, 0.5) is 0 Å². The highest BCUT2D eigenvalue weighted by atomic mass is 15.1. The summed E-state index contributed by atoms with van der Waals surface area (Å²) in [6, 6.07) is 14.1. The Morgan fingerprint density at radius 3 is 2.58 bits per heavy atom. The van der Waals surface area contributed by atoms with Crippen LogP contribution in [0.3, 0.4) is 0 Å². The van der Waals surface area contributed by atoms with Gasteiger partial charge in [0.15, 0.2) is 5.82 Å². The van der Waals surface area contributed by atoms with E-state index in [-0.39, 0.29) is 0 Å². The fourth-order valence-electron chi connectivity index (χ4n) is 3.89. The molecule has 0 atom stereocenters. The molecule has 7 nitrogen and oxygen atoms in total. The van der Waals surface area contributed by atoms with Crippen molar-refractivity contribution < 1.29 is 0 Å². The molecule has 1 aromatic carbocycles. The van der Waals surface area contributed by atoms with E-state index in [0.717, 1.165) is 55.6 Å². The quantitative estimate of drug-likeness (QED) is 0.437. The standard InChI is InChI=1S/C24H17N7/c1-14-5-8-26-12-18(14)20-11-17-21(13-27-20)30-31-23(17)24-28-19-4-2-3-16(22(19)29-24)15-6-9-25-10-7-15/h2-13H,1H3,(H,28,29)(H,30,31). The van der Waals surface area contributed by atoms with Crippen LogP contribution in [-0.4, -0.2) is 35.1 Å². The molecule has 5 heterocycles. The zero-order valence-electron chi connectivity index (χ0n) is 16.7. The summed E-state index contributed by atoms with van der Waals surface area (Å²) in [7, 11) is 0. The summed E-state index contributed by atoms with van der Waals surface area (Å²) in [6.07, 6.45) is 9.01. The van der Waals surface area contributed by atoms with Crippen LogP contribution in [0.1, 0.15) is 5.56 Å². The Morgan fingerprint density at radius 1 is 0.839 bits per heavy atom. The molecule has 0 aliphatic heterocycles. The molecule has 6 rings (SSSR count). The van der Waals surface area contributed by atoms with E-state index >= 15 is 0 Å². The fourth-order valence-corrected chi connectivity index (χ4v) is 3.89. The Balaban J connectivity index is 1.52. The Hall–Kier alpha value is -4.39. The van der Waals surface area contributed by atoms with Crippen molar-refractivity contribution >= 4 is 21.9 Å². The SMILES string of the molecule is Cc1ccncc1-c1cc2c(-c3nc4c(-c5ccncc5)cccc4[nH]3)n[nH]c2cn1. The van der Waals surface area contributed by atoms with Crippen molar-refractivity contribution in [2.75, 3.05) is 0 Å². The molecule has 5 aromatic heterocycles. The van der Waals surface area contributed by atoms with Gasteiger partial charge in [0.1, 0.15) is 5.69 Å². The van der Waals surface area contributed by atoms with Gasteiger partial charge in [-0.1, -0.05) is 12.1 Å². The Morgan fingerprint density at radius 2 is 1.71 bits per heavy atom. The number of imidazole rings is 1. The first kappa shape index (κ1) is 17.5. The summed E-state index contributed by atoms with van der Waals surface area (Å²) in [4.78, 5) is 21.3. The van der Waals surface area contributed by atoms with Gasteiger partial charge in [0.05, 0.1) is 28.4 Å². The van der Waals surface area contributed by atoms with Gasteiger partial charge in [0, 0.05) is 41.3 Å². The molecule has 7 heteroatoms. The van der Waals surface area contributed by atoms with E-state index in [2.05, 4.69) is 43.1 Å².